The zero-order valence-corrected chi connectivity index (χ0v) is 7.71. The molecule has 82 valence electrons. The first-order valence-corrected chi connectivity index (χ1v) is 4.29. The summed E-state index contributed by atoms with van der Waals surface area (Å²) in [4.78, 5) is 10.2. The van der Waals surface area contributed by atoms with E-state index >= 15 is 0 Å². The number of rotatable bonds is 4. The first kappa shape index (κ1) is 11.6. The summed E-state index contributed by atoms with van der Waals surface area (Å²) in [7, 11) is 0. The third-order valence-electron chi connectivity index (χ3n) is 1.93. The molecular formula is C10H9F3O2. The van der Waals surface area contributed by atoms with E-state index in [4.69, 9.17) is 5.11 Å². The van der Waals surface area contributed by atoms with Crippen molar-refractivity contribution in [3.8, 4) is 0 Å². The molecule has 5 heteroatoms. The molecule has 1 aromatic carbocycles. The number of carbonyl (C=O) groups is 1. The fourth-order valence-corrected chi connectivity index (χ4v) is 1.15. The van der Waals surface area contributed by atoms with Crippen molar-refractivity contribution in [3.05, 3.63) is 35.1 Å². The van der Waals surface area contributed by atoms with E-state index in [9.17, 15) is 18.0 Å². The van der Waals surface area contributed by atoms with Crippen molar-refractivity contribution in [1.29, 1.82) is 0 Å². The van der Waals surface area contributed by atoms with Crippen molar-refractivity contribution in [2.24, 2.45) is 0 Å². The first-order valence-electron chi connectivity index (χ1n) is 4.29. The fraction of sp³-hybridized carbons (Fsp3) is 0.300. The van der Waals surface area contributed by atoms with E-state index in [1.165, 1.54) is 6.07 Å². The van der Waals surface area contributed by atoms with Gasteiger partial charge in [0.15, 0.2) is 0 Å². The summed E-state index contributed by atoms with van der Waals surface area (Å²) in [6, 6.07) is 3.25. The Balaban J connectivity index is 2.77. The van der Waals surface area contributed by atoms with Gasteiger partial charge in [0.05, 0.1) is 5.56 Å². The lowest BCUT2D eigenvalue weighted by Gasteiger charge is -2.04. The second-order valence-corrected chi connectivity index (χ2v) is 3.05. The molecule has 0 aliphatic heterocycles. The van der Waals surface area contributed by atoms with Crippen LogP contribution >= 0.6 is 0 Å². The number of aryl methyl sites for hydroxylation is 1. The largest absolute Gasteiger partial charge is 0.481 e. The lowest BCUT2D eigenvalue weighted by Crippen LogP contribution is -1.99. The molecule has 0 fully saturated rings. The van der Waals surface area contributed by atoms with Crippen LogP contribution in [0.1, 0.15) is 24.0 Å². The molecule has 1 N–H and O–H groups in total. The van der Waals surface area contributed by atoms with Gasteiger partial charge in [-0.25, -0.2) is 13.2 Å². The van der Waals surface area contributed by atoms with Crippen LogP contribution in [0.5, 0.6) is 0 Å². The number of carboxylic acids is 1. The monoisotopic (exact) mass is 218 g/mol. The number of alkyl halides is 2. The smallest absolute Gasteiger partial charge is 0.303 e. The van der Waals surface area contributed by atoms with Crippen molar-refractivity contribution < 1.29 is 23.1 Å². The average Bonchev–Trinajstić information content (AvgIpc) is 2.14. The van der Waals surface area contributed by atoms with Crippen LogP contribution in [0.2, 0.25) is 0 Å². The molecule has 0 aliphatic carbocycles. The Morgan fingerprint density at radius 1 is 1.40 bits per heavy atom. The Kier molecular flexibility index (Phi) is 3.71. The Bertz CT molecular complexity index is 364. The van der Waals surface area contributed by atoms with Gasteiger partial charge < -0.3 is 5.11 Å². The maximum absolute atomic E-state index is 13.0. The van der Waals surface area contributed by atoms with Gasteiger partial charge in [0.1, 0.15) is 5.82 Å². The van der Waals surface area contributed by atoms with Crippen molar-refractivity contribution in [2.45, 2.75) is 19.3 Å². The predicted octanol–water partition coefficient (Wildman–Crippen LogP) is 2.78. The van der Waals surface area contributed by atoms with E-state index in [-0.39, 0.29) is 12.8 Å². The highest BCUT2D eigenvalue weighted by molar-refractivity contribution is 5.67. The van der Waals surface area contributed by atoms with E-state index in [2.05, 4.69) is 0 Å². The topological polar surface area (TPSA) is 37.3 Å². The summed E-state index contributed by atoms with van der Waals surface area (Å²) in [5, 5.41) is 8.37. The highest BCUT2D eigenvalue weighted by atomic mass is 19.3. The van der Waals surface area contributed by atoms with E-state index in [0.29, 0.717) is 5.56 Å². The van der Waals surface area contributed by atoms with Gasteiger partial charge in [-0.2, -0.15) is 0 Å². The van der Waals surface area contributed by atoms with E-state index in [1.54, 1.807) is 0 Å². The first-order chi connectivity index (χ1) is 7.00. The summed E-state index contributed by atoms with van der Waals surface area (Å²) < 4.78 is 37.3. The molecule has 1 rings (SSSR count). The van der Waals surface area contributed by atoms with Gasteiger partial charge in [-0.3, -0.25) is 4.79 Å². The normalized spacial score (nSPS) is 10.7. The lowest BCUT2D eigenvalue weighted by molar-refractivity contribution is -0.136. The molecule has 0 unspecified atom stereocenters. The molecule has 0 radical (unpaired) electrons. The van der Waals surface area contributed by atoms with Crippen LogP contribution in [0.3, 0.4) is 0 Å². The quantitative estimate of drug-likeness (QED) is 0.843. The van der Waals surface area contributed by atoms with Crippen LogP contribution in [-0.4, -0.2) is 11.1 Å². The molecule has 0 amide bonds. The van der Waals surface area contributed by atoms with Crippen molar-refractivity contribution in [1.82, 2.24) is 0 Å². The summed E-state index contributed by atoms with van der Waals surface area (Å²) in [5.74, 6) is -2.00. The number of aliphatic carboxylic acids is 1. The Morgan fingerprint density at radius 3 is 2.53 bits per heavy atom. The summed E-state index contributed by atoms with van der Waals surface area (Å²) in [5.41, 5.74) is -0.256. The molecule has 0 bridgehead atoms. The van der Waals surface area contributed by atoms with Crippen molar-refractivity contribution in [2.75, 3.05) is 0 Å². The second-order valence-electron chi connectivity index (χ2n) is 3.05. The minimum Gasteiger partial charge on any atom is -0.481 e. The van der Waals surface area contributed by atoms with Crippen LogP contribution in [0.4, 0.5) is 13.2 Å². The number of carboxylic acid groups (broad SMARTS) is 1. The zero-order valence-electron chi connectivity index (χ0n) is 7.71. The maximum Gasteiger partial charge on any atom is 0.303 e. The molecule has 0 aromatic heterocycles. The SMILES string of the molecule is O=C(O)CCc1ccc(C(F)F)c(F)c1. The van der Waals surface area contributed by atoms with Gasteiger partial charge in [-0.05, 0) is 18.1 Å². The van der Waals surface area contributed by atoms with Crippen LogP contribution in [0, 0.1) is 5.82 Å². The zero-order chi connectivity index (χ0) is 11.4. The maximum atomic E-state index is 13.0. The molecular weight excluding hydrogens is 209 g/mol. The summed E-state index contributed by atoms with van der Waals surface area (Å²) >= 11 is 0. The van der Waals surface area contributed by atoms with Crippen LogP contribution in [0.25, 0.3) is 0 Å². The van der Waals surface area contributed by atoms with Crippen molar-refractivity contribution in [3.63, 3.8) is 0 Å². The third kappa shape index (κ3) is 3.27. The molecule has 15 heavy (non-hydrogen) atoms. The Labute approximate surface area is 84.3 Å². The summed E-state index contributed by atoms with van der Waals surface area (Å²) in [6.07, 6.45) is -2.86. The summed E-state index contributed by atoms with van der Waals surface area (Å²) in [6.45, 7) is 0. The van der Waals surface area contributed by atoms with Gasteiger partial charge in [-0.15, -0.1) is 0 Å². The average molecular weight is 218 g/mol. The van der Waals surface area contributed by atoms with Crippen LogP contribution in [0.15, 0.2) is 18.2 Å². The standard InChI is InChI=1S/C10H9F3O2/c11-8-5-6(2-4-9(14)15)1-3-7(8)10(12)13/h1,3,5,10H,2,4H2,(H,14,15). The van der Waals surface area contributed by atoms with E-state index in [1.807, 2.05) is 0 Å². The fourth-order valence-electron chi connectivity index (χ4n) is 1.15. The van der Waals surface area contributed by atoms with Gasteiger partial charge in [0.25, 0.3) is 6.43 Å². The molecule has 0 heterocycles. The van der Waals surface area contributed by atoms with Gasteiger partial charge in [-0.1, -0.05) is 12.1 Å². The molecule has 0 spiro atoms. The van der Waals surface area contributed by atoms with Gasteiger partial charge >= 0.3 is 5.97 Å². The Hall–Kier alpha value is -1.52. The molecule has 0 atom stereocenters. The van der Waals surface area contributed by atoms with Crippen molar-refractivity contribution >= 4 is 5.97 Å². The minimum atomic E-state index is -2.85. The molecule has 1 aromatic rings. The molecule has 0 saturated carbocycles. The second kappa shape index (κ2) is 4.82. The molecule has 0 saturated heterocycles. The lowest BCUT2D eigenvalue weighted by atomic mass is 10.1. The number of hydrogen-bond acceptors (Lipinski definition) is 1. The minimum absolute atomic E-state index is 0.135. The van der Waals surface area contributed by atoms with E-state index in [0.717, 1.165) is 12.1 Å². The van der Waals surface area contributed by atoms with E-state index < -0.39 is 23.8 Å². The van der Waals surface area contributed by atoms with Gasteiger partial charge in [0, 0.05) is 6.42 Å². The van der Waals surface area contributed by atoms with Crippen LogP contribution < -0.4 is 0 Å². The highest BCUT2D eigenvalue weighted by Crippen LogP contribution is 2.22. The predicted molar refractivity (Wildman–Crippen MR) is 47.3 cm³/mol. The highest BCUT2D eigenvalue weighted by Gasteiger charge is 2.13. The Morgan fingerprint density at radius 2 is 2.07 bits per heavy atom. The van der Waals surface area contributed by atoms with Crippen LogP contribution in [-0.2, 0) is 11.2 Å². The number of benzene rings is 1. The van der Waals surface area contributed by atoms with Gasteiger partial charge in [0.2, 0.25) is 0 Å². The number of halogens is 3. The number of hydrogen-bond donors (Lipinski definition) is 1. The molecule has 0 aliphatic rings. The molecule has 2 nitrogen and oxygen atoms in total. The third-order valence-corrected chi connectivity index (χ3v) is 1.93.